The Bertz CT molecular complexity index is 6140. The highest BCUT2D eigenvalue weighted by Gasteiger charge is 2.52. The molecule has 0 spiro atoms. The predicted molar refractivity (Wildman–Crippen MR) is 499 cm³/mol. The summed E-state index contributed by atoms with van der Waals surface area (Å²) in [6.45, 7) is 26.0. The average Bonchev–Trinajstić information content (AvgIpc) is 1.60. The lowest BCUT2D eigenvalue weighted by Crippen LogP contribution is -2.38. The summed E-state index contributed by atoms with van der Waals surface area (Å²) in [5.74, 6) is 5.71. The van der Waals surface area contributed by atoms with Gasteiger partial charge < -0.3 is 59.6 Å². The number of halogens is 3. The van der Waals surface area contributed by atoms with Crippen LogP contribution >= 0.6 is 23.2 Å². The zero-order valence-electron chi connectivity index (χ0n) is 75.5. The molecule has 0 bridgehead atoms. The molecule has 36 heteroatoms. The number of pyridine rings is 1. The molecule has 4 saturated heterocycles. The minimum atomic E-state index is -0.458. The Morgan fingerprint density at radius 1 is 0.400 bits per heavy atom. The number of amides is 8. The molecule has 4 saturated carbocycles. The van der Waals surface area contributed by atoms with E-state index in [1.807, 2.05) is 122 Å². The monoisotopic (exact) mass is 1800 g/mol. The number of likely N-dealkylation sites (N-methyl/N-ethyl adjacent to an activating group) is 3. The summed E-state index contributed by atoms with van der Waals surface area (Å²) in [7, 11) is 5.47. The van der Waals surface area contributed by atoms with Gasteiger partial charge >= 0.3 is 24.1 Å². The average molecular weight is 1800 g/mol. The van der Waals surface area contributed by atoms with Crippen molar-refractivity contribution >= 4 is 94.4 Å². The number of urea groups is 4. The van der Waals surface area contributed by atoms with Crippen LogP contribution in [-0.2, 0) is 22.2 Å². The van der Waals surface area contributed by atoms with Crippen molar-refractivity contribution in [2.45, 2.75) is 180 Å². The van der Waals surface area contributed by atoms with Gasteiger partial charge in [-0.1, -0.05) is 111 Å². The highest BCUT2D eigenvalue weighted by atomic mass is 35.5. The maximum Gasteiger partial charge on any atom is 0.325 e. The third kappa shape index (κ3) is 18.6. The zero-order valence-corrected chi connectivity index (χ0v) is 77.0. The number of hydrogen-bond acceptors (Lipinski definition) is 21. The fourth-order valence-electron chi connectivity index (χ4n) is 17.1. The van der Waals surface area contributed by atoms with Crippen LogP contribution < -0.4 is 46.2 Å². The van der Waals surface area contributed by atoms with Gasteiger partial charge in [-0.15, -0.1) is 0 Å². The van der Waals surface area contributed by atoms with Crippen LogP contribution in [0.5, 0.6) is 0 Å². The second-order valence-electron chi connectivity index (χ2n) is 36.8. The third-order valence-corrected chi connectivity index (χ3v) is 26.2. The highest BCUT2D eigenvalue weighted by molar-refractivity contribution is 6.31. The number of imidazole rings is 4. The molecule has 13 heterocycles. The van der Waals surface area contributed by atoms with Crippen LogP contribution in [0, 0.1) is 36.4 Å². The summed E-state index contributed by atoms with van der Waals surface area (Å²) < 4.78 is 21.3. The molecule has 4 atom stereocenters. The number of anilines is 8. The second-order valence-corrected chi connectivity index (χ2v) is 37.7. The summed E-state index contributed by atoms with van der Waals surface area (Å²) in [5.41, 5.74) is 8.51. The van der Waals surface area contributed by atoms with E-state index in [2.05, 4.69) is 181 Å². The molecule has 33 nitrogen and oxygen atoms in total. The predicted octanol–water partition coefficient (Wildman–Crippen LogP) is 16.6. The van der Waals surface area contributed by atoms with Gasteiger partial charge in [-0.3, -0.25) is 24.6 Å². The van der Waals surface area contributed by atoms with Crippen molar-refractivity contribution < 1.29 is 23.6 Å². The van der Waals surface area contributed by atoms with Crippen molar-refractivity contribution in [2.75, 3.05) is 88.2 Å². The minimum Gasteiger partial charge on any atom is -0.343 e. The van der Waals surface area contributed by atoms with Crippen molar-refractivity contribution in [3.8, 4) is 22.7 Å². The van der Waals surface area contributed by atoms with Gasteiger partial charge in [-0.05, 0) is 178 Å². The van der Waals surface area contributed by atoms with Crippen molar-refractivity contribution in [1.29, 1.82) is 0 Å². The molecule has 3 aromatic carbocycles. The van der Waals surface area contributed by atoms with E-state index in [4.69, 9.17) is 38.2 Å². The van der Waals surface area contributed by atoms with Crippen molar-refractivity contribution in [3.63, 3.8) is 0 Å². The number of benzene rings is 3. The Morgan fingerprint density at radius 3 is 1.08 bits per heavy atom. The summed E-state index contributed by atoms with van der Waals surface area (Å²) >= 11 is 12.1. The second kappa shape index (κ2) is 36.0. The Balaban J connectivity index is 0.000000122. The smallest absolute Gasteiger partial charge is 0.325 e. The van der Waals surface area contributed by atoms with Crippen LogP contribution in [0.1, 0.15) is 161 Å². The first-order valence-corrected chi connectivity index (χ1v) is 45.2. The van der Waals surface area contributed by atoms with Gasteiger partial charge in [0, 0.05) is 125 Å². The van der Waals surface area contributed by atoms with Gasteiger partial charge in [0.05, 0.1) is 111 Å². The van der Waals surface area contributed by atoms with Crippen LogP contribution in [-0.4, -0.2) is 193 Å². The first-order valence-electron chi connectivity index (χ1n) is 44.4. The van der Waals surface area contributed by atoms with Crippen LogP contribution in [0.2, 0.25) is 10.0 Å². The van der Waals surface area contributed by atoms with Gasteiger partial charge in [0.15, 0.2) is 0 Å². The highest BCUT2D eigenvalue weighted by Crippen LogP contribution is 2.51. The van der Waals surface area contributed by atoms with E-state index in [9.17, 15) is 23.6 Å². The number of carbonyl (C=O) groups excluding carboxylic acids is 4. The van der Waals surface area contributed by atoms with E-state index in [-0.39, 0.29) is 75.5 Å². The van der Waals surface area contributed by atoms with Crippen LogP contribution in [0.25, 0.3) is 22.7 Å². The quantitative estimate of drug-likeness (QED) is 0.0355. The van der Waals surface area contributed by atoms with Gasteiger partial charge in [0.25, 0.3) is 0 Å². The van der Waals surface area contributed by atoms with E-state index in [1.165, 1.54) is 11.6 Å². The summed E-state index contributed by atoms with van der Waals surface area (Å²) in [6, 6.07) is 32.0. The molecule has 5 N–H and O–H groups in total. The molecule has 4 aliphatic heterocycles. The lowest BCUT2D eigenvalue weighted by molar-refractivity contribution is 0.228. The van der Waals surface area contributed by atoms with Crippen molar-refractivity contribution in [1.82, 2.24) is 103 Å². The number of aryl methyl sites for hydroxylation is 1. The maximum absolute atomic E-state index is 13.5. The van der Waals surface area contributed by atoms with Gasteiger partial charge in [0.2, 0.25) is 23.8 Å². The van der Waals surface area contributed by atoms with Crippen LogP contribution in [0.4, 0.5) is 70.6 Å². The van der Waals surface area contributed by atoms with E-state index in [0.717, 1.165) is 103 Å². The molecule has 8 aliphatic rings. The summed E-state index contributed by atoms with van der Waals surface area (Å²) in [4.78, 5) is 122. The first-order chi connectivity index (χ1) is 62.3. The number of carbonyl (C=O) groups is 4. The van der Waals surface area contributed by atoms with Gasteiger partial charge in [-0.2, -0.15) is 19.9 Å². The molecule has 9 aromatic heterocycles. The number of nitrogens with zero attached hydrogens (tertiary/aromatic N) is 24. The lowest BCUT2D eigenvalue weighted by atomic mass is 10.0. The number of nitrogens with one attached hydrogen (secondary N) is 5. The molecular weight excluding hydrogens is 1690 g/mol. The lowest BCUT2D eigenvalue weighted by Gasteiger charge is -2.25. The Labute approximate surface area is 765 Å². The van der Waals surface area contributed by atoms with Crippen molar-refractivity contribution in [3.05, 3.63) is 234 Å². The Hall–Kier alpha value is -13.2. The molecule has 12 aromatic rings. The number of aromatic nitrogens is 17. The molecular formula is C94H110Cl2FN29O4. The maximum atomic E-state index is 13.5. The fraction of sp³-hybridized carbons (Fsp3) is 0.415. The molecule has 8 amide bonds. The number of hydrogen-bond donors (Lipinski definition) is 5. The minimum absolute atomic E-state index is 0.0214. The van der Waals surface area contributed by atoms with Gasteiger partial charge in [-0.25, -0.2) is 63.4 Å². The van der Waals surface area contributed by atoms with E-state index in [1.54, 1.807) is 102 Å². The SMILES string of the molecule is CC(C)[C@H]1CN(C)C(=O)N1c1ccnc(NC2(c3cn(-c4ccc(F)c(Cl)c4)cn3)CC2)n1.CC(C)[C@H]1CN(C)C(=O)N1c1ccnc(NC2(c3cn(-c4cccc(Cl)c4)cn3)CC2)n1.CC(C)c1cccc(-n2cnc(C3(Nc4nccc(N5C(=O)N(C)C[C@@H]5C(C)C)n4)CC3)c2)c1.Cc1ccc(-n2cnc(C3(Nc4nccc(N5C(=O)NC[C@@H]5C(C)C)n4)CC3)c2)cn1. The molecule has 20 rings (SSSR count). The topological polar surface area (TPSA) is 338 Å². The normalized spacial score (nSPS) is 19.5. The van der Waals surface area contributed by atoms with Gasteiger partial charge in [0.1, 0.15) is 29.1 Å². The Morgan fingerprint density at radius 2 is 0.746 bits per heavy atom. The number of rotatable bonds is 25. The molecule has 676 valence electrons. The standard InChI is InChI=1S/C26H33N7O.C23H25ClFN7O.C23H26ClN7O.C22H26N8O/c1-17(2)19-7-6-8-20(13-19)32-15-22(28-16-32)26(10-11-26)30-24-27-12-9-23(29-24)33-21(18(3)4)14-31(5)25(33)34;1-14(2)18-11-30(3)22(33)32(18)20-6-9-26-21(28-20)29-23(7-8-23)19-12-31(13-27-19)15-4-5-17(25)16(24)10-15;1-15(2)18-12-29(3)22(32)31(18)20-7-10-25-21(27-20)28-23(8-9-23)19-13-30(14-26-19)17-6-4-5-16(24)11-17;1-14(2)17-11-25-21(31)30(17)19-6-9-23-20(27-19)28-22(7-8-22)18-12-29(13-26-18)16-5-4-15(3)24-10-16/h6-9,12-13,15-18,21H,10-11,14H2,1-5H3,(H,27,29,30);4-6,9-10,12-14,18H,7-8,11H2,1-3H3,(H,26,28,29);4-7,10-11,13-15,18H,8-9,12H2,1-3H3,(H,25,27,28);4-6,9-10,12-14,17H,7-8,11H2,1-3H3,(H,25,31)(H,23,27,28)/t21-;2*18-;17-/m1111/s1. The summed E-state index contributed by atoms with van der Waals surface area (Å²) in [6.07, 6.45) is 31.3. The van der Waals surface area contributed by atoms with Crippen molar-refractivity contribution in [2.24, 2.45) is 23.7 Å². The Kier molecular flexibility index (Phi) is 24.6. The van der Waals surface area contributed by atoms with E-state index in [0.29, 0.717) is 108 Å². The van der Waals surface area contributed by atoms with E-state index >= 15 is 0 Å². The molecule has 130 heavy (non-hydrogen) atoms. The van der Waals surface area contributed by atoms with E-state index < -0.39 is 5.82 Å². The molecule has 4 aliphatic carbocycles. The summed E-state index contributed by atoms with van der Waals surface area (Å²) in [5, 5.41) is 17.6. The molecule has 8 fully saturated rings. The zero-order chi connectivity index (χ0) is 91.4. The first kappa shape index (κ1) is 88.8. The van der Waals surface area contributed by atoms with Crippen LogP contribution in [0.15, 0.2) is 184 Å². The molecule has 0 radical (unpaired) electrons. The molecule has 0 unspecified atom stereocenters. The fourth-order valence-corrected chi connectivity index (χ4v) is 17.4. The third-order valence-electron chi connectivity index (χ3n) is 25.6. The largest absolute Gasteiger partial charge is 0.343 e. The van der Waals surface area contributed by atoms with Crippen LogP contribution in [0.3, 0.4) is 0 Å².